The number of fused-ring (bicyclic) bond motifs is 6. The van der Waals surface area contributed by atoms with E-state index < -0.39 is 0 Å². The molecule has 0 radical (unpaired) electrons. The predicted molar refractivity (Wildman–Crippen MR) is 179 cm³/mol. The zero-order chi connectivity index (χ0) is 31.8. The van der Waals surface area contributed by atoms with Crippen LogP contribution in [-0.4, -0.2) is 80.9 Å². The number of nitriles is 1. The summed E-state index contributed by atoms with van der Waals surface area (Å²) in [6, 6.07) is 1.75. The maximum absolute atomic E-state index is 7.32. The van der Waals surface area contributed by atoms with Gasteiger partial charge in [0.05, 0.1) is 51.8 Å². The topological polar surface area (TPSA) is 69.7 Å². The highest BCUT2D eigenvalue weighted by atomic mass is 79.9. The van der Waals surface area contributed by atoms with Gasteiger partial charge in [-0.3, -0.25) is 14.7 Å². The maximum Gasteiger partial charge on any atom is 0.311 e. The van der Waals surface area contributed by atoms with Crippen LogP contribution in [0.1, 0.15) is 6.92 Å². The molecule has 0 spiro atoms. The second-order valence-electron chi connectivity index (χ2n) is 11.1. The summed E-state index contributed by atoms with van der Waals surface area (Å²) in [5, 5.41) is 7.32. The number of aromatic nitrogens is 6. The Bertz CT molecular complexity index is 1650. The first-order valence-electron chi connectivity index (χ1n) is 14.4. The molecule has 0 unspecified atom stereocenters. The molecule has 256 valence electrons. The molecule has 19 heteroatoms. The Labute approximate surface area is 318 Å². The first-order chi connectivity index (χ1) is 21.7. The molecular formula is C29H39Br3N13P3. The fraction of sp³-hybridized carbons (Fsp3) is 0.345. The summed E-state index contributed by atoms with van der Waals surface area (Å²) in [5.74, 6) is 0. The highest BCUT2D eigenvalue weighted by Gasteiger charge is 2.30. The first kappa shape index (κ1) is 39.5. The van der Waals surface area contributed by atoms with Gasteiger partial charge >= 0.3 is 16.7 Å². The minimum Gasteiger partial charge on any atom is -1.00 e. The average Bonchev–Trinajstić information content (AvgIpc) is 3.89. The smallest absolute Gasteiger partial charge is 0.311 e. The molecule has 0 fully saturated rings. The van der Waals surface area contributed by atoms with Crippen molar-refractivity contribution in [1.29, 1.82) is 5.26 Å². The van der Waals surface area contributed by atoms with Crippen LogP contribution in [0.4, 0.5) is 0 Å². The van der Waals surface area contributed by atoms with Crippen LogP contribution < -0.4 is 81.3 Å². The van der Waals surface area contributed by atoms with Crippen molar-refractivity contribution in [2.24, 2.45) is 21.1 Å². The van der Waals surface area contributed by atoms with Crippen molar-refractivity contribution in [3.63, 3.8) is 0 Å². The van der Waals surface area contributed by atoms with E-state index in [1.807, 2.05) is 0 Å². The SMILES string of the molecule is CC#N.CN1C=CN2Cn3cc[n+](C)c3P=C12.CN1C=CN2Cn3cc[n+](C)c3P=C12.CN1C=CN2Cn3cc[n+](C)c3P=C12.[Br-].[Br-].[Br-]. The van der Waals surface area contributed by atoms with Gasteiger partial charge in [0.2, 0.25) is 0 Å². The molecule has 6 aliphatic rings. The van der Waals surface area contributed by atoms with Crippen molar-refractivity contribution < 1.29 is 64.6 Å². The van der Waals surface area contributed by atoms with Gasteiger partial charge in [0.15, 0.2) is 36.6 Å². The Balaban J connectivity index is 0.000000182. The Morgan fingerprint density at radius 1 is 0.542 bits per heavy atom. The van der Waals surface area contributed by atoms with Crippen LogP contribution in [-0.2, 0) is 41.1 Å². The Morgan fingerprint density at radius 2 is 0.792 bits per heavy atom. The third-order valence-electron chi connectivity index (χ3n) is 7.77. The molecule has 0 bridgehead atoms. The largest absolute Gasteiger partial charge is 1.00 e. The summed E-state index contributed by atoms with van der Waals surface area (Å²) in [7, 11) is 16.4. The van der Waals surface area contributed by atoms with E-state index in [1.165, 1.54) is 64.9 Å². The van der Waals surface area contributed by atoms with E-state index in [4.69, 9.17) is 5.26 Å². The average molecular weight is 902 g/mol. The number of hydrogen-bond donors (Lipinski definition) is 0. The number of imidazole rings is 3. The third-order valence-corrected chi connectivity index (χ3v) is 12.4. The number of aryl methyl sites for hydroxylation is 3. The molecule has 0 atom stereocenters. The third kappa shape index (κ3) is 7.77. The normalized spacial score (nSPS) is 17.2. The van der Waals surface area contributed by atoms with E-state index in [-0.39, 0.29) is 50.9 Å². The van der Waals surface area contributed by atoms with Crippen molar-refractivity contribution >= 4 is 57.9 Å². The molecule has 3 aromatic rings. The number of nitrogens with zero attached hydrogens (tertiary/aromatic N) is 13. The van der Waals surface area contributed by atoms with E-state index in [9.17, 15) is 0 Å². The lowest BCUT2D eigenvalue weighted by Gasteiger charge is -2.22. The second kappa shape index (κ2) is 16.7. The van der Waals surface area contributed by atoms with E-state index in [0.29, 0.717) is 0 Å². The molecule has 0 N–H and O–H groups in total. The summed E-state index contributed by atoms with van der Waals surface area (Å²) >= 11 is 0. The molecule has 9 heterocycles. The zero-order valence-corrected chi connectivity index (χ0v) is 35.3. The minimum absolute atomic E-state index is 0. The summed E-state index contributed by atoms with van der Waals surface area (Å²) in [6.07, 6.45) is 25.4. The van der Waals surface area contributed by atoms with E-state index in [1.54, 1.807) is 6.07 Å². The Morgan fingerprint density at radius 3 is 1.04 bits per heavy atom. The molecule has 0 aromatic carbocycles. The summed E-state index contributed by atoms with van der Waals surface area (Å²) < 4.78 is 13.4. The number of halogens is 3. The fourth-order valence-electron chi connectivity index (χ4n) is 5.38. The number of hydrogen-bond acceptors (Lipinski definition) is 7. The summed E-state index contributed by atoms with van der Waals surface area (Å²) in [6.45, 7) is 4.22. The van der Waals surface area contributed by atoms with Crippen molar-refractivity contribution in [1.82, 2.24) is 43.1 Å². The van der Waals surface area contributed by atoms with Crippen LogP contribution in [0, 0.1) is 11.3 Å². The van der Waals surface area contributed by atoms with Gasteiger partial charge in [0.1, 0.15) is 37.2 Å². The molecule has 9 rings (SSSR count). The molecular weight excluding hydrogens is 863 g/mol. The van der Waals surface area contributed by atoms with Crippen molar-refractivity contribution in [2.75, 3.05) is 21.1 Å². The Kier molecular flexibility index (Phi) is 13.7. The highest BCUT2D eigenvalue weighted by molar-refractivity contribution is 7.48. The molecule has 0 saturated heterocycles. The van der Waals surface area contributed by atoms with Crippen LogP contribution in [0.25, 0.3) is 0 Å². The zero-order valence-electron chi connectivity index (χ0n) is 27.8. The van der Waals surface area contributed by atoms with Gasteiger partial charge in [-0.2, -0.15) is 5.26 Å². The molecule has 0 aliphatic carbocycles. The lowest BCUT2D eigenvalue weighted by atomic mass is 10.7. The molecule has 6 aliphatic heterocycles. The monoisotopic (exact) mass is 899 g/mol. The van der Waals surface area contributed by atoms with Crippen LogP contribution in [0.2, 0.25) is 0 Å². The van der Waals surface area contributed by atoms with Crippen molar-refractivity contribution in [3.8, 4) is 6.07 Å². The Hall–Kier alpha value is -2.91. The van der Waals surface area contributed by atoms with Crippen LogP contribution in [0.5, 0.6) is 0 Å². The molecule has 48 heavy (non-hydrogen) atoms. The first-order valence-corrected chi connectivity index (χ1v) is 17.1. The second-order valence-corrected chi connectivity index (χ2v) is 14.1. The number of rotatable bonds is 0. The molecule has 13 nitrogen and oxygen atoms in total. The minimum atomic E-state index is 0. The van der Waals surface area contributed by atoms with E-state index in [2.05, 4.69) is 173 Å². The van der Waals surface area contributed by atoms with Gasteiger partial charge in [-0.1, -0.05) is 0 Å². The lowest BCUT2D eigenvalue weighted by molar-refractivity contribution is -0.652. The van der Waals surface area contributed by atoms with Gasteiger partial charge in [0, 0.05) is 65.3 Å². The summed E-state index contributed by atoms with van der Waals surface area (Å²) in [5.41, 5.74) is 8.04. The standard InChI is InChI=1S/3C9H12N4P.C2H3N.3BrH/c3*1-10-3-5-12-7-13-6-4-11(2)9(13)14-8(10)12;1-2-3;;;/h3*3-6H,7H2,1-2H3;1H3;3*1H/q3*+1;;;;/p-3. The van der Waals surface area contributed by atoms with Crippen molar-refractivity contribution in [2.45, 2.75) is 26.9 Å². The van der Waals surface area contributed by atoms with Crippen LogP contribution >= 0.6 is 24.6 Å². The molecule has 0 amide bonds. The van der Waals surface area contributed by atoms with Gasteiger partial charge < -0.3 is 65.6 Å². The van der Waals surface area contributed by atoms with Crippen LogP contribution in [0.15, 0.2) is 74.4 Å². The maximum atomic E-state index is 7.32. The lowest BCUT2D eigenvalue weighted by Crippen LogP contribution is -3.00. The molecule has 0 saturated carbocycles. The fourth-order valence-corrected chi connectivity index (χ4v) is 8.81. The van der Waals surface area contributed by atoms with Gasteiger partial charge in [-0.05, 0) is 0 Å². The van der Waals surface area contributed by atoms with Gasteiger partial charge in [-0.25, -0.2) is 27.4 Å². The molecule has 3 aromatic heterocycles. The quantitative estimate of drug-likeness (QED) is 0.164. The summed E-state index contributed by atoms with van der Waals surface area (Å²) in [4.78, 5) is 13.4. The van der Waals surface area contributed by atoms with Crippen LogP contribution in [0.3, 0.4) is 0 Å². The highest BCUT2D eigenvalue weighted by Crippen LogP contribution is 2.21. The van der Waals surface area contributed by atoms with E-state index >= 15 is 0 Å². The van der Waals surface area contributed by atoms with Gasteiger partial charge in [0.25, 0.3) is 0 Å². The van der Waals surface area contributed by atoms with E-state index in [0.717, 1.165) is 20.0 Å². The van der Waals surface area contributed by atoms with Crippen molar-refractivity contribution in [3.05, 3.63) is 74.4 Å². The van der Waals surface area contributed by atoms with Gasteiger partial charge in [-0.15, -0.1) is 0 Å². The predicted octanol–water partition coefficient (Wildman–Crippen LogP) is -9.47.